The molecule has 0 radical (unpaired) electrons. The molecule has 0 rings (SSSR count). The van der Waals surface area contributed by atoms with Gasteiger partial charge in [-0.15, -0.1) is 0 Å². The first kappa shape index (κ1) is 13.5. The number of carbonyl (C=O) groups is 2. The van der Waals surface area contributed by atoms with Crippen molar-refractivity contribution >= 4 is 12.0 Å². The third-order valence-electron chi connectivity index (χ3n) is 1.50. The normalized spacial score (nSPS) is 12.8. The van der Waals surface area contributed by atoms with Crippen molar-refractivity contribution in [1.82, 2.24) is 10.6 Å². The highest BCUT2D eigenvalue weighted by Gasteiger charge is 2.22. The first-order chi connectivity index (χ1) is 6.63. The van der Waals surface area contributed by atoms with Gasteiger partial charge in [0.2, 0.25) is 0 Å². The van der Waals surface area contributed by atoms with Gasteiger partial charge in [0, 0.05) is 5.54 Å². The van der Waals surface area contributed by atoms with E-state index in [-0.39, 0.29) is 0 Å². The highest BCUT2D eigenvalue weighted by atomic mass is 16.4. The molecule has 0 aromatic rings. The van der Waals surface area contributed by atoms with Crippen molar-refractivity contribution in [1.29, 1.82) is 0 Å². The van der Waals surface area contributed by atoms with E-state index < -0.39 is 23.6 Å². The summed E-state index contributed by atoms with van der Waals surface area (Å²) in [5.74, 6) is -1.12. The summed E-state index contributed by atoms with van der Waals surface area (Å²) >= 11 is 0. The molecular weight excluding hydrogens is 196 g/mol. The highest BCUT2D eigenvalue weighted by molar-refractivity contribution is 5.85. The van der Waals surface area contributed by atoms with Gasteiger partial charge in [0.25, 0.3) is 0 Å². The first-order valence-corrected chi connectivity index (χ1v) is 4.60. The Morgan fingerprint density at radius 1 is 1.33 bits per heavy atom. The van der Waals surface area contributed by atoms with Gasteiger partial charge < -0.3 is 15.7 Å². The molecule has 0 saturated carbocycles. The fraction of sp³-hybridized carbons (Fsp3) is 0.600. The van der Waals surface area contributed by atoms with Gasteiger partial charge >= 0.3 is 12.0 Å². The minimum Gasteiger partial charge on any atom is -0.479 e. The van der Waals surface area contributed by atoms with Crippen molar-refractivity contribution in [3.63, 3.8) is 0 Å². The third-order valence-corrected chi connectivity index (χ3v) is 1.50. The van der Waals surface area contributed by atoms with E-state index in [4.69, 9.17) is 5.11 Å². The lowest BCUT2D eigenvalue weighted by molar-refractivity contribution is -0.138. The zero-order valence-corrected chi connectivity index (χ0v) is 9.55. The maximum Gasteiger partial charge on any atom is 0.330 e. The Bertz CT molecular complexity index is 265. The molecule has 5 nitrogen and oxygen atoms in total. The van der Waals surface area contributed by atoms with Gasteiger partial charge in [-0.25, -0.2) is 9.59 Å². The first-order valence-electron chi connectivity index (χ1n) is 4.60. The van der Waals surface area contributed by atoms with E-state index in [1.807, 2.05) is 20.8 Å². The zero-order chi connectivity index (χ0) is 12.2. The van der Waals surface area contributed by atoms with Crippen molar-refractivity contribution in [3.8, 4) is 0 Å². The zero-order valence-electron chi connectivity index (χ0n) is 9.55. The van der Waals surface area contributed by atoms with Crippen LogP contribution >= 0.6 is 0 Å². The van der Waals surface area contributed by atoms with Gasteiger partial charge in [-0.2, -0.15) is 0 Å². The van der Waals surface area contributed by atoms with Crippen LogP contribution in [0.5, 0.6) is 0 Å². The number of carboxylic acid groups (broad SMARTS) is 1. The number of carboxylic acids is 1. The van der Waals surface area contributed by atoms with Crippen molar-refractivity contribution in [2.75, 3.05) is 0 Å². The molecule has 0 bridgehead atoms. The van der Waals surface area contributed by atoms with E-state index in [0.717, 1.165) is 0 Å². The largest absolute Gasteiger partial charge is 0.479 e. The Hall–Kier alpha value is -1.52. The predicted molar refractivity (Wildman–Crippen MR) is 57.7 cm³/mol. The molecule has 1 atom stereocenters. The number of hydrogen-bond acceptors (Lipinski definition) is 2. The molecule has 2 amide bonds. The summed E-state index contributed by atoms with van der Waals surface area (Å²) < 4.78 is 0. The van der Waals surface area contributed by atoms with E-state index in [0.29, 0.717) is 5.57 Å². The van der Waals surface area contributed by atoms with Gasteiger partial charge in [-0.05, 0) is 33.3 Å². The average Bonchev–Trinajstić information content (AvgIpc) is 1.95. The van der Waals surface area contributed by atoms with Gasteiger partial charge in [0.05, 0.1) is 0 Å². The number of carbonyl (C=O) groups excluding carboxylic acids is 1. The van der Waals surface area contributed by atoms with Crippen LogP contribution in [-0.4, -0.2) is 28.7 Å². The van der Waals surface area contributed by atoms with Crippen LogP contribution in [0.3, 0.4) is 0 Å². The molecule has 0 saturated heterocycles. The maximum atomic E-state index is 11.4. The van der Waals surface area contributed by atoms with E-state index in [2.05, 4.69) is 17.2 Å². The van der Waals surface area contributed by atoms with E-state index in [1.54, 1.807) is 6.92 Å². The molecule has 5 heteroatoms. The molecule has 0 aliphatic heterocycles. The van der Waals surface area contributed by atoms with Crippen LogP contribution in [0, 0.1) is 0 Å². The van der Waals surface area contributed by atoms with Crippen LogP contribution < -0.4 is 10.6 Å². The fourth-order valence-electron chi connectivity index (χ4n) is 0.903. The van der Waals surface area contributed by atoms with E-state index >= 15 is 0 Å². The summed E-state index contributed by atoms with van der Waals surface area (Å²) in [6.45, 7) is 10.5. The Labute approximate surface area is 89.6 Å². The van der Waals surface area contributed by atoms with Crippen molar-refractivity contribution in [2.24, 2.45) is 0 Å². The topological polar surface area (TPSA) is 78.4 Å². The van der Waals surface area contributed by atoms with Gasteiger partial charge in [0.1, 0.15) is 6.04 Å². The van der Waals surface area contributed by atoms with Crippen LogP contribution in [0.25, 0.3) is 0 Å². The Morgan fingerprint density at radius 3 is 2.07 bits per heavy atom. The predicted octanol–water partition coefficient (Wildman–Crippen LogP) is 1.11. The average molecular weight is 214 g/mol. The summed E-state index contributed by atoms with van der Waals surface area (Å²) in [7, 11) is 0. The second-order valence-electron chi connectivity index (χ2n) is 4.47. The van der Waals surface area contributed by atoms with Crippen LogP contribution in [0.4, 0.5) is 4.79 Å². The number of amides is 2. The molecule has 15 heavy (non-hydrogen) atoms. The molecule has 0 fully saturated rings. The lowest BCUT2D eigenvalue weighted by Gasteiger charge is -2.23. The lowest BCUT2D eigenvalue weighted by atomic mass is 10.1. The van der Waals surface area contributed by atoms with Crippen molar-refractivity contribution in [2.45, 2.75) is 39.3 Å². The summed E-state index contributed by atoms with van der Waals surface area (Å²) in [6, 6.07) is -1.56. The third kappa shape index (κ3) is 5.72. The van der Waals surface area contributed by atoms with Crippen LogP contribution in [0.15, 0.2) is 12.2 Å². The number of rotatable bonds is 3. The standard InChI is InChI=1S/C10H18N2O3/c1-6(2)7(8(13)14)11-9(15)12-10(3,4)5/h7H,1H2,2-5H3,(H,13,14)(H2,11,12,15)/t7-/m0/s1. The van der Waals surface area contributed by atoms with Crippen LogP contribution in [0.1, 0.15) is 27.7 Å². The van der Waals surface area contributed by atoms with Crippen LogP contribution in [-0.2, 0) is 4.79 Å². The van der Waals surface area contributed by atoms with E-state index in [9.17, 15) is 9.59 Å². The SMILES string of the molecule is C=C(C)[C@H](NC(=O)NC(C)(C)C)C(=O)O. The number of hydrogen-bond donors (Lipinski definition) is 3. The molecular formula is C10H18N2O3. The minimum absolute atomic E-state index is 0.381. The molecule has 0 spiro atoms. The molecule has 0 aliphatic carbocycles. The van der Waals surface area contributed by atoms with Crippen molar-refractivity contribution < 1.29 is 14.7 Å². The highest BCUT2D eigenvalue weighted by Crippen LogP contribution is 2.01. The summed E-state index contributed by atoms with van der Waals surface area (Å²) in [6.07, 6.45) is 0. The molecule has 3 N–H and O–H groups in total. The molecule has 0 aromatic carbocycles. The minimum atomic E-state index is -1.12. The molecule has 86 valence electrons. The Balaban J connectivity index is 4.38. The number of nitrogens with one attached hydrogen (secondary N) is 2. The summed E-state index contributed by atoms with van der Waals surface area (Å²) in [5.41, 5.74) is -0.0195. The van der Waals surface area contributed by atoms with Gasteiger partial charge in [-0.1, -0.05) is 6.58 Å². The Morgan fingerprint density at radius 2 is 1.80 bits per heavy atom. The van der Waals surface area contributed by atoms with Gasteiger partial charge in [0.15, 0.2) is 0 Å². The smallest absolute Gasteiger partial charge is 0.330 e. The maximum absolute atomic E-state index is 11.4. The lowest BCUT2D eigenvalue weighted by Crippen LogP contribution is -2.51. The van der Waals surface area contributed by atoms with Crippen molar-refractivity contribution in [3.05, 3.63) is 12.2 Å². The number of urea groups is 1. The molecule has 0 unspecified atom stereocenters. The molecule has 0 aliphatic rings. The van der Waals surface area contributed by atoms with Gasteiger partial charge in [-0.3, -0.25) is 0 Å². The fourth-order valence-corrected chi connectivity index (χ4v) is 0.903. The summed E-state index contributed by atoms with van der Waals surface area (Å²) in [5, 5.41) is 13.7. The van der Waals surface area contributed by atoms with E-state index in [1.165, 1.54) is 0 Å². The monoisotopic (exact) mass is 214 g/mol. The molecule has 0 heterocycles. The second kappa shape index (κ2) is 4.82. The second-order valence-corrected chi connectivity index (χ2v) is 4.47. The summed E-state index contributed by atoms with van der Waals surface area (Å²) in [4.78, 5) is 22.1. The molecule has 0 aromatic heterocycles. The number of aliphatic carboxylic acids is 1. The Kier molecular flexibility index (Phi) is 4.33. The quantitative estimate of drug-likeness (QED) is 0.616. The van der Waals surface area contributed by atoms with Crippen LogP contribution in [0.2, 0.25) is 0 Å².